The van der Waals surface area contributed by atoms with Gasteiger partial charge in [-0.3, -0.25) is 9.78 Å². The van der Waals surface area contributed by atoms with E-state index in [0.717, 1.165) is 18.4 Å². The van der Waals surface area contributed by atoms with E-state index in [1.165, 1.54) is 11.8 Å². The summed E-state index contributed by atoms with van der Waals surface area (Å²) in [5.74, 6) is -0.165. The Morgan fingerprint density at radius 3 is 2.61 bits per heavy atom. The lowest BCUT2D eigenvalue weighted by molar-refractivity contribution is -0.134. The van der Waals surface area contributed by atoms with Gasteiger partial charge < -0.3 is 14.5 Å². The highest BCUT2D eigenvalue weighted by atomic mass is 19.1. The first-order valence-electron chi connectivity index (χ1n) is 9.86. The normalized spacial score (nSPS) is 19.7. The minimum absolute atomic E-state index is 0.140. The maximum absolute atomic E-state index is 14.0. The van der Waals surface area contributed by atoms with Gasteiger partial charge in [0, 0.05) is 32.4 Å². The van der Waals surface area contributed by atoms with Crippen molar-refractivity contribution in [3.05, 3.63) is 59.7 Å². The van der Waals surface area contributed by atoms with Crippen molar-refractivity contribution in [1.29, 1.82) is 0 Å². The zero-order valence-corrected chi connectivity index (χ0v) is 16.2. The van der Waals surface area contributed by atoms with Gasteiger partial charge in [-0.1, -0.05) is 29.8 Å². The van der Waals surface area contributed by atoms with Crippen LogP contribution in [0.1, 0.15) is 30.4 Å². The van der Waals surface area contributed by atoms with Crippen molar-refractivity contribution in [2.24, 2.45) is 0 Å². The molecule has 0 bridgehead atoms. The van der Waals surface area contributed by atoms with Crippen LogP contribution in [0.5, 0.6) is 0 Å². The van der Waals surface area contributed by atoms with E-state index < -0.39 is 5.60 Å². The highest BCUT2D eigenvalue weighted by Crippen LogP contribution is 2.34. The van der Waals surface area contributed by atoms with Crippen LogP contribution >= 0.6 is 0 Å². The van der Waals surface area contributed by atoms with E-state index >= 15 is 0 Å². The minimum atomic E-state index is -0.431. The molecule has 1 spiro atoms. The summed E-state index contributed by atoms with van der Waals surface area (Å²) in [5.41, 5.74) is 2.49. The molecule has 2 saturated heterocycles. The van der Waals surface area contributed by atoms with Gasteiger partial charge in [0.25, 0.3) is 0 Å². The summed E-state index contributed by atoms with van der Waals surface area (Å²) in [6.45, 7) is 5.17. The summed E-state index contributed by atoms with van der Waals surface area (Å²) in [5, 5.41) is 0. The fourth-order valence-electron chi connectivity index (χ4n) is 4.12. The Morgan fingerprint density at radius 2 is 1.89 bits per heavy atom. The Morgan fingerprint density at radius 1 is 1.14 bits per heavy atom. The molecule has 1 aromatic carbocycles. The maximum atomic E-state index is 14.0. The number of carbonyl (C=O) groups is 1. The second-order valence-corrected chi connectivity index (χ2v) is 7.82. The number of amides is 1. The molecule has 148 valence electrons. The summed E-state index contributed by atoms with van der Waals surface area (Å²) in [6, 6.07) is 10.0. The molecule has 3 heterocycles. The van der Waals surface area contributed by atoms with E-state index in [1.807, 2.05) is 9.80 Å². The van der Waals surface area contributed by atoms with Crippen molar-refractivity contribution >= 4 is 11.6 Å². The number of anilines is 1. The van der Waals surface area contributed by atoms with E-state index in [1.54, 1.807) is 12.3 Å². The third kappa shape index (κ3) is 4.02. The molecule has 0 unspecified atom stereocenters. The Hall–Kier alpha value is -2.47. The first-order valence-corrected chi connectivity index (χ1v) is 9.86. The van der Waals surface area contributed by atoms with Crippen molar-refractivity contribution in [1.82, 2.24) is 9.88 Å². The number of hydrogen-bond donors (Lipinski definition) is 0. The van der Waals surface area contributed by atoms with Gasteiger partial charge in [0.2, 0.25) is 5.91 Å². The van der Waals surface area contributed by atoms with Crippen LogP contribution < -0.4 is 4.90 Å². The maximum Gasteiger partial charge on any atom is 0.225 e. The smallest absolute Gasteiger partial charge is 0.225 e. The Labute approximate surface area is 165 Å². The minimum Gasteiger partial charge on any atom is -0.372 e. The van der Waals surface area contributed by atoms with E-state index in [2.05, 4.69) is 36.2 Å². The SMILES string of the molecule is Cc1ccc(CN2CCOC3(CCN(c4ccncc4F)CC3)CC2=O)cc1. The summed E-state index contributed by atoms with van der Waals surface area (Å²) in [7, 11) is 0. The molecule has 2 aliphatic heterocycles. The molecular weight excluding hydrogens is 357 g/mol. The molecule has 0 aliphatic carbocycles. The molecule has 2 aromatic rings. The lowest BCUT2D eigenvalue weighted by Gasteiger charge is -2.41. The van der Waals surface area contributed by atoms with Crippen LogP contribution in [0.15, 0.2) is 42.7 Å². The van der Waals surface area contributed by atoms with Crippen molar-refractivity contribution in [3.63, 3.8) is 0 Å². The van der Waals surface area contributed by atoms with Gasteiger partial charge in [0.05, 0.1) is 30.5 Å². The molecule has 1 amide bonds. The van der Waals surface area contributed by atoms with Gasteiger partial charge >= 0.3 is 0 Å². The summed E-state index contributed by atoms with van der Waals surface area (Å²) in [6.07, 6.45) is 4.69. The molecule has 2 fully saturated rings. The van der Waals surface area contributed by atoms with E-state index in [0.29, 0.717) is 44.9 Å². The Balaban J connectivity index is 1.40. The zero-order valence-electron chi connectivity index (χ0n) is 16.2. The molecule has 0 N–H and O–H groups in total. The highest BCUT2D eigenvalue weighted by Gasteiger charge is 2.41. The number of aryl methyl sites for hydroxylation is 1. The van der Waals surface area contributed by atoms with Gasteiger partial charge in [-0.05, 0) is 31.4 Å². The van der Waals surface area contributed by atoms with Crippen LogP contribution in [-0.2, 0) is 16.1 Å². The fraction of sp³-hybridized carbons (Fsp3) is 0.455. The number of piperidine rings is 1. The Bertz CT molecular complexity index is 832. The van der Waals surface area contributed by atoms with Gasteiger partial charge in [-0.15, -0.1) is 0 Å². The number of halogens is 1. The third-order valence-electron chi connectivity index (χ3n) is 5.86. The second kappa shape index (κ2) is 7.87. The van der Waals surface area contributed by atoms with Crippen molar-refractivity contribution in [2.75, 3.05) is 31.1 Å². The van der Waals surface area contributed by atoms with Crippen LogP contribution in [-0.4, -0.2) is 47.6 Å². The molecule has 4 rings (SSSR count). The number of aromatic nitrogens is 1. The molecular formula is C22H26FN3O2. The van der Waals surface area contributed by atoms with Gasteiger partial charge in [0.1, 0.15) is 0 Å². The number of ether oxygens (including phenoxy) is 1. The number of benzene rings is 1. The van der Waals surface area contributed by atoms with Gasteiger partial charge in [-0.2, -0.15) is 0 Å². The van der Waals surface area contributed by atoms with Crippen molar-refractivity contribution < 1.29 is 13.9 Å². The molecule has 5 nitrogen and oxygen atoms in total. The molecule has 0 radical (unpaired) electrons. The molecule has 1 aromatic heterocycles. The lowest BCUT2D eigenvalue weighted by atomic mass is 9.87. The van der Waals surface area contributed by atoms with E-state index in [4.69, 9.17) is 4.74 Å². The average molecular weight is 383 g/mol. The Kier molecular flexibility index (Phi) is 5.31. The average Bonchev–Trinajstić information content (AvgIpc) is 2.84. The first kappa shape index (κ1) is 18.9. The number of carbonyl (C=O) groups excluding carboxylic acids is 1. The standard InChI is InChI=1S/C22H26FN3O2/c1-17-2-4-18(5-3-17)16-26-12-13-28-22(14-21(26)27)7-10-25(11-8-22)20-6-9-24-15-19(20)23/h2-6,9,15H,7-8,10-14,16H2,1H3. The second-order valence-electron chi connectivity index (χ2n) is 7.82. The third-order valence-corrected chi connectivity index (χ3v) is 5.86. The van der Waals surface area contributed by atoms with Crippen LogP contribution in [0, 0.1) is 12.7 Å². The molecule has 28 heavy (non-hydrogen) atoms. The number of rotatable bonds is 3. The van der Waals surface area contributed by atoms with Crippen molar-refractivity contribution in [2.45, 2.75) is 38.3 Å². The highest BCUT2D eigenvalue weighted by molar-refractivity contribution is 5.77. The molecule has 6 heteroatoms. The van der Waals surface area contributed by atoms with E-state index in [9.17, 15) is 9.18 Å². The quantitative estimate of drug-likeness (QED) is 0.816. The number of nitrogens with zero attached hydrogens (tertiary/aromatic N) is 3. The van der Waals surface area contributed by atoms with Crippen molar-refractivity contribution in [3.8, 4) is 0 Å². The monoisotopic (exact) mass is 383 g/mol. The molecule has 0 saturated carbocycles. The summed E-state index contributed by atoms with van der Waals surface area (Å²) >= 11 is 0. The molecule has 0 atom stereocenters. The topological polar surface area (TPSA) is 45.7 Å². The van der Waals surface area contributed by atoms with Crippen LogP contribution in [0.4, 0.5) is 10.1 Å². The predicted molar refractivity (Wildman–Crippen MR) is 106 cm³/mol. The van der Waals surface area contributed by atoms with E-state index in [-0.39, 0.29) is 11.7 Å². The summed E-state index contributed by atoms with van der Waals surface area (Å²) < 4.78 is 20.2. The predicted octanol–water partition coefficient (Wildman–Crippen LogP) is 3.32. The molecule has 2 aliphatic rings. The summed E-state index contributed by atoms with van der Waals surface area (Å²) in [4.78, 5) is 20.7. The van der Waals surface area contributed by atoms with Gasteiger partial charge in [-0.25, -0.2) is 4.39 Å². The van der Waals surface area contributed by atoms with Gasteiger partial charge in [0.15, 0.2) is 5.82 Å². The van der Waals surface area contributed by atoms with Crippen LogP contribution in [0.3, 0.4) is 0 Å². The first-order chi connectivity index (χ1) is 13.5. The zero-order chi connectivity index (χ0) is 19.6. The van der Waals surface area contributed by atoms with Crippen LogP contribution in [0.2, 0.25) is 0 Å². The number of pyridine rings is 1. The van der Waals surface area contributed by atoms with Crippen LogP contribution in [0.25, 0.3) is 0 Å². The lowest BCUT2D eigenvalue weighted by Crippen LogP contribution is -2.47. The largest absolute Gasteiger partial charge is 0.372 e. The number of hydrogen-bond acceptors (Lipinski definition) is 4. The fourth-order valence-corrected chi connectivity index (χ4v) is 4.12.